The van der Waals surface area contributed by atoms with Crippen LogP contribution in [0.25, 0.3) is 6.08 Å². The number of hydrogen-bond donors (Lipinski definition) is 0. The van der Waals surface area contributed by atoms with Crippen molar-refractivity contribution in [2.24, 2.45) is 0 Å². The summed E-state index contributed by atoms with van der Waals surface area (Å²) >= 11 is 0. The molecule has 5 heteroatoms. The Morgan fingerprint density at radius 3 is 3.00 bits per heavy atom. The second-order valence-electron chi connectivity index (χ2n) is 4.25. The van der Waals surface area contributed by atoms with Gasteiger partial charge in [0.05, 0.1) is 12.4 Å². The Hall–Kier alpha value is -1.00. The van der Waals surface area contributed by atoms with Gasteiger partial charge in [0.25, 0.3) is 0 Å². The Labute approximate surface area is 112 Å². The molecule has 0 spiro atoms. The summed E-state index contributed by atoms with van der Waals surface area (Å²) in [5.74, 6) is 0.931. The lowest BCUT2D eigenvalue weighted by atomic mass is 10.0. The fourth-order valence-electron chi connectivity index (χ4n) is 1.91. The fourth-order valence-corrected chi connectivity index (χ4v) is 2.60. The third-order valence-electron chi connectivity index (χ3n) is 2.77. The van der Waals surface area contributed by atoms with E-state index in [0.717, 1.165) is 30.8 Å². The third kappa shape index (κ3) is 4.03. The van der Waals surface area contributed by atoms with Crippen LogP contribution in [0.1, 0.15) is 24.0 Å². The van der Waals surface area contributed by atoms with Gasteiger partial charge in [0.15, 0.2) is 0 Å². The number of aryl methyl sites for hydroxylation is 1. The highest BCUT2D eigenvalue weighted by molar-refractivity contribution is 8.13. The van der Waals surface area contributed by atoms with Crippen LogP contribution < -0.4 is 4.74 Å². The molecular formula is C13H15ClO3S. The van der Waals surface area contributed by atoms with Gasteiger partial charge < -0.3 is 4.74 Å². The highest BCUT2D eigenvalue weighted by atomic mass is 35.7. The van der Waals surface area contributed by atoms with Crippen molar-refractivity contribution >= 4 is 25.8 Å². The SMILES string of the molecule is O=S(=O)(Cl)CC/C=C/c1ccc2c(c1)CCCO2. The van der Waals surface area contributed by atoms with Crippen LogP contribution in [0.3, 0.4) is 0 Å². The maximum atomic E-state index is 10.7. The normalized spacial score (nSPS) is 15.4. The van der Waals surface area contributed by atoms with Crippen molar-refractivity contribution in [1.82, 2.24) is 0 Å². The zero-order chi connectivity index (χ0) is 13.0. The number of fused-ring (bicyclic) bond motifs is 1. The molecule has 1 heterocycles. The van der Waals surface area contributed by atoms with Crippen molar-refractivity contribution in [3.05, 3.63) is 35.4 Å². The Kier molecular flexibility index (Phi) is 4.30. The average Bonchev–Trinajstić information content (AvgIpc) is 2.33. The molecule has 0 amide bonds. The van der Waals surface area contributed by atoms with Crippen LogP contribution in [0, 0.1) is 0 Å². The summed E-state index contributed by atoms with van der Waals surface area (Å²) in [5, 5.41) is 0. The molecule has 0 radical (unpaired) electrons. The molecule has 0 aliphatic carbocycles. The van der Waals surface area contributed by atoms with E-state index in [0.29, 0.717) is 6.42 Å². The maximum Gasteiger partial charge on any atom is 0.232 e. The lowest BCUT2D eigenvalue weighted by molar-refractivity contribution is 0.288. The molecule has 0 atom stereocenters. The Morgan fingerprint density at radius 1 is 1.39 bits per heavy atom. The minimum absolute atomic E-state index is 0.0287. The molecule has 0 bridgehead atoms. The first kappa shape index (κ1) is 13.4. The summed E-state index contributed by atoms with van der Waals surface area (Å²) in [6.07, 6.45) is 6.25. The van der Waals surface area contributed by atoms with Gasteiger partial charge in [-0.25, -0.2) is 8.42 Å². The largest absolute Gasteiger partial charge is 0.493 e. The van der Waals surface area contributed by atoms with Crippen LogP contribution in [0.4, 0.5) is 0 Å². The van der Waals surface area contributed by atoms with E-state index >= 15 is 0 Å². The monoisotopic (exact) mass is 286 g/mol. The van der Waals surface area contributed by atoms with Gasteiger partial charge in [-0.1, -0.05) is 18.2 Å². The van der Waals surface area contributed by atoms with Crippen molar-refractivity contribution in [3.8, 4) is 5.75 Å². The minimum Gasteiger partial charge on any atom is -0.493 e. The van der Waals surface area contributed by atoms with Crippen molar-refractivity contribution in [2.75, 3.05) is 12.4 Å². The predicted octanol–water partition coefficient (Wildman–Crippen LogP) is 2.98. The minimum atomic E-state index is -3.39. The second-order valence-corrected chi connectivity index (χ2v) is 7.15. The molecule has 0 saturated heterocycles. The van der Waals surface area contributed by atoms with Gasteiger partial charge in [0.1, 0.15) is 5.75 Å². The summed E-state index contributed by atoms with van der Waals surface area (Å²) in [6, 6.07) is 6.02. The zero-order valence-corrected chi connectivity index (χ0v) is 11.5. The molecule has 0 aromatic heterocycles. The molecule has 1 aliphatic rings. The van der Waals surface area contributed by atoms with E-state index < -0.39 is 9.05 Å². The van der Waals surface area contributed by atoms with E-state index in [1.807, 2.05) is 24.3 Å². The molecule has 3 nitrogen and oxygen atoms in total. The van der Waals surface area contributed by atoms with E-state index in [1.54, 1.807) is 0 Å². The zero-order valence-electron chi connectivity index (χ0n) is 9.93. The first-order valence-corrected chi connectivity index (χ1v) is 8.37. The van der Waals surface area contributed by atoms with Gasteiger partial charge >= 0.3 is 0 Å². The van der Waals surface area contributed by atoms with Gasteiger partial charge in [-0.05, 0) is 42.5 Å². The highest BCUT2D eigenvalue weighted by Gasteiger charge is 2.09. The van der Waals surface area contributed by atoms with Gasteiger partial charge in [0.2, 0.25) is 9.05 Å². The van der Waals surface area contributed by atoms with Gasteiger partial charge in [-0.2, -0.15) is 0 Å². The Bertz CT molecular complexity index is 549. The first-order valence-electron chi connectivity index (χ1n) is 5.89. The summed E-state index contributed by atoms with van der Waals surface area (Å²) in [6.45, 7) is 0.787. The van der Waals surface area contributed by atoms with E-state index in [4.69, 9.17) is 15.4 Å². The number of hydrogen-bond acceptors (Lipinski definition) is 3. The van der Waals surface area contributed by atoms with Crippen LogP contribution in [-0.4, -0.2) is 20.8 Å². The Balaban J connectivity index is 1.99. The smallest absolute Gasteiger partial charge is 0.232 e. The van der Waals surface area contributed by atoms with E-state index in [-0.39, 0.29) is 5.75 Å². The number of rotatable bonds is 4. The maximum absolute atomic E-state index is 10.7. The highest BCUT2D eigenvalue weighted by Crippen LogP contribution is 2.25. The number of halogens is 1. The first-order chi connectivity index (χ1) is 8.54. The summed E-state index contributed by atoms with van der Waals surface area (Å²) < 4.78 is 27.0. The van der Waals surface area contributed by atoms with E-state index in [9.17, 15) is 8.42 Å². The summed E-state index contributed by atoms with van der Waals surface area (Å²) in [7, 11) is 1.74. The third-order valence-corrected chi connectivity index (χ3v) is 3.96. The van der Waals surface area contributed by atoms with Crippen LogP contribution in [0.2, 0.25) is 0 Å². The quantitative estimate of drug-likeness (QED) is 0.799. The van der Waals surface area contributed by atoms with Crippen molar-refractivity contribution in [3.63, 3.8) is 0 Å². The molecule has 18 heavy (non-hydrogen) atoms. The predicted molar refractivity (Wildman–Crippen MR) is 73.5 cm³/mol. The second kappa shape index (κ2) is 5.76. The standard InChI is InChI=1S/C13H15ClO3S/c14-18(15,16)9-2-1-4-11-6-7-13-12(10-11)5-3-8-17-13/h1,4,6-7,10H,2-3,5,8-9H2/b4-1+. The molecule has 2 rings (SSSR count). The van der Waals surface area contributed by atoms with Gasteiger partial charge in [-0.15, -0.1) is 0 Å². The summed E-state index contributed by atoms with van der Waals surface area (Å²) in [5.41, 5.74) is 2.28. The molecule has 1 aromatic carbocycles. The molecule has 0 unspecified atom stereocenters. The van der Waals surface area contributed by atoms with Crippen molar-refractivity contribution in [1.29, 1.82) is 0 Å². The van der Waals surface area contributed by atoms with Crippen LogP contribution in [0.5, 0.6) is 5.75 Å². The van der Waals surface area contributed by atoms with Crippen LogP contribution >= 0.6 is 10.7 Å². The van der Waals surface area contributed by atoms with Crippen molar-refractivity contribution in [2.45, 2.75) is 19.3 Å². The fraction of sp³-hybridized carbons (Fsp3) is 0.385. The average molecular weight is 287 g/mol. The number of ether oxygens (including phenoxy) is 1. The Morgan fingerprint density at radius 2 is 2.22 bits per heavy atom. The number of benzene rings is 1. The molecule has 1 aliphatic heterocycles. The van der Waals surface area contributed by atoms with E-state index in [2.05, 4.69) is 6.07 Å². The van der Waals surface area contributed by atoms with Crippen molar-refractivity contribution < 1.29 is 13.2 Å². The molecule has 0 saturated carbocycles. The lowest BCUT2D eigenvalue weighted by Gasteiger charge is -2.17. The molecule has 0 fully saturated rings. The van der Waals surface area contributed by atoms with Gasteiger partial charge in [-0.3, -0.25) is 0 Å². The molecule has 0 N–H and O–H groups in total. The van der Waals surface area contributed by atoms with Crippen LogP contribution in [-0.2, 0) is 15.5 Å². The number of allylic oxidation sites excluding steroid dienone is 1. The topological polar surface area (TPSA) is 43.4 Å². The summed E-state index contributed by atoms with van der Waals surface area (Å²) in [4.78, 5) is 0. The lowest BCUT2D eigenvalue weighted by Crippen LogP contribution is -2.07. The van der Waals surface area contributed by atoms with Gasteiger partial charge in [0, 0.05) is 10.7 Å². The van der Waals surface area contributed by atoms with Crippen LogP contribution in [0.15, 0.2) is 24.3 Å². The molecule has 1 aromatic rings. The molecule has 98 valence electrons. The van der Waals surface area contributed by atoms with E-state index in [1.165, 1.54) is 5.56 Å². The molecular weight excluding hydrogens is 272 g/mol.